The molecule has 25 heavy (non-hydrogen) atoms. The van der Waals surface area contributed by atoms with E-state index < -0.39 is 64.6 Å². The van der Waals surface area contributed by atoms with Gasteiger partial charge in [0.15, 0.2) is 0 Å². The van der Waals surface area contributed by atoms with E-state index in [9.17, 15) is 31.5 Å². The molecule has 4 nitrogen and oxygen atoms in total. The van der Waals surface area contributed by atoms with Gasteiger partial charge in [-0.05, 0) is 33.8 Å². The Morgan fingerprint density at radius 3 is 2.32 bits per heavy atom. The Balaban J connectivity index is 2.61. The molecule has 1 aliphatic rings. The number of ether oxygens (including phenoxy) is 1. The predicted octanol–water partition coefficient (Wildman–Crippen LogP) is 3.56. The van der Waals surface area contributed by atoms with E-state index >= 15 is 0 Å². The molecule has 0 spiro atoms. The Morgan fingerprint density at radius 2 is 1.84 bits per heavy atom. The van der Waals surface area contributed by atoms with Gasteiger partial charge in [0, 0.05) is 5.56 Å². The normalized spacial score (nSPS) is 16.4. The highest BCUT2D eigenvalue weighted by Gasteiger charge is 2.51. The topological polar surface area (TPSA) is 46.6 Å². The lowest BCUT2D eigenvalue weighted by Gasteiger charge is -2.20. The van der Waals surface area contributed by atoms with Gasteiger partial charge >= 0.3 is 12.1 Å². The zero-order valence-electron chi connectivity index (χ0n) is 13.9. The number of hydrogen-bond donors (Lipinski definition) is 0. The van der Waals surface area contributed by atoms with Gasteiger partial charge in [0.05, 0.1) is 22.8 Å². The number of esters is 1. The van der Waals surface area contributed by atoms with Crippen LogP contribution in [0, 0.1) is 11.6 Å². The molecule has 0 radical (unpaired) electrons. The third-order valence-corrected chi connectivity index (χ3v) is 3.82. The zero-order chi connectivity index (χ0) is 19.3. The number of carbonyl (C=O) groups excluding carboxylic acids is 2. The summed E-state index contributed by atoms with van der Waals surface area (Å²) in [7, 11) is 0. The minimum absolute atomic E-state index is 0.0103. The number of hydrogen-bond acceptors (Lipinski definition) is 3. The van der Waals surface area contributed by atoms with Crippen LogP contribution >= 0.6 is 0 Å². The molecule has 9 heteroatoms. The lowest BCUT2D eigenvalue weighted by Crippen LogP contribution is -2.40. The molecule has 0 saturated heterocycles. The largest absolute Gasteiger partial charge is 0.462 e. The highest BCUT2D eigenvalue weighted by molar-refractivity contribution is 6.10. The van der Waals surface area contributed by atoms with Crippen LogP contribution in [0.4, 0.5) is 27.6 Å². The zero-order valence-corrected chi connectivity index (χ0v) is 13.9. The summed E-state index contributed by atoms with van der Waals surface area (Å²) in [5.41, 5.74) is -4.95. The number of anilines is 1. The van der Waals surface area contributed by atoms with Crippen LogP contribution in [0.15, 0.2) is 6.07 Å². The molecule has 0 aliphatic carbocycles. The first-order chi connectivity index (χ1) is 11.3. The number of halogens is 5. The van der Waals surface area contributed by atoms with Crippen LogP contribution in [0.25, 0.3) is 0 Å². The van der Waals surface area contributed by atoms with E-state index in [0.717, 1.165) is 0 Å². The van der Waals surface area contributed by atoms with Gasteiger partial charge in [0.1, 0.15) is 18.2 Å². The van der Waals surface area contributed by atoms with Gasteiger partial charge in [0.25, 0.3) is 0 Å². The van der Waals surface area contributed by atoms with Crippen molar-refractivity contribution >= 4 is 17.6 Å². The standard InChI is InChI=1S/C16H16F5NO3/c1-7(2)25-10(23)6-22-13-9(17)5-8(16(19,20)21)12(18)11(13)15(3,4)14(22)24/h5,7H,6H2,1-4H3. The van der Waals surface area contributed by atoms with Crippen molar-refractivity contribution in [2.24, 2.45) is 0 Å². The Morgan fingerprint density at radius 1 is 1.28 bits per heavy atom. The van der Waals surface area contributed by atoms with E-state index in [2.05, 4.69) is 0 Å². The summed E-state index contributed by atoms with van der Waals surface area (Å²) in [4.78, 5) is 24.9. The van der Waals surface area contributed by atoms with Crippen LogP contribution in [-0.2, 0) is 25.9 Å². The van der Waals surface area contributed by atoms with E-state index in [1.165, 1.54) is 13.8 Å². The molecule has 0 aromatic heterocycles. The fraction of sp³-hybridized carbons (Fsp3) is 0.500. The predicted molar refractivity (Wildman–Crippen MR) is 78.0 cm³/mol. The summed E-state index contributed by atoms with van der Waals surface area (Å²) in [5.74, 6) is -4.92. The van der Waals surface area contributed by atoms with Gasteiger partial charge < -0.3 is 4.74 Å². The highest BCUT2D eigenvalue weighted by Crippen LogP contribution is 2.47. The molecule has 2 rings (SSSR count). The summed E-state index contributed by atoms with van der Waals surface area (Å²) >= 11 is 0. The molecular formula is C16H16F5NO3. The maximum atomic E-state index is 14.5. The third-order valence-electron chi connectivity index (χ3n) is 3.82. The van der Waals surface area contributed by atoms with E-state index in [-0.39, 0.29) is 6.07 Å². The lowest BCUT2D eigenvalue weighted by atomic mass is 9.84. The summed E-state index contributed by atoms with van der Waals surface area (Å²) in [6.45, 7) is 4.72. The molecule has 1 aliphatic heterocycles. The van der Waals surface area contributed by atoms with E-state index in [1.54, 1.807) is 13.8 Å². The number of amides is 1. The first-order valence-corrected chi connectivity index (χ1v) is 7.39. The SMILES string of the molecule is CC(C)OC(=O)CN1C(=O)C(C)(C)c2c(F)c(C(F)(F)F)cc(F)c21. The number of alkyl halides is 3. The van der Waals surface area contributed by atoms with Crippen molar-refractivity contribution < 1.29 is 36.3 Å². The van der Waals surface area contributed by atoms with Crippen molar-refractivity contribution in [1.82, 2.24) is 0 Å². The number of rotatable bonds is 3. The molecular weight excluding hydrogens is 349 g/mol. The van der Waals surface area contributed by atoms with Gasteiger partial charge in [-0.15, -0.1) is 0 Å². The lowest BCUT2D eigenvalue weighted by molar-refractivity contribution is -0.146. The molecule has 0 atom stereocenters. The molecule has 0 fully saturated rings. The maximum Gasteiger partial charge on any atom is 0.419 e. The molecule has 1 aromatic rings. The summed E-state index contributed by atoms with van der Waals surface area (Å²) in [6, 6.07) is -0.0103. The number of fused-ring (bicyclic) bond motifs is 1. The van der Waals surface area contributed by atoms with E-state index in [1.807, 2.05) is 0 Å². The molecule has 138 valence electrons. The van der Waals surface area contributed by atoms with Gasteiger partial charge in [-0.1, -0.05) is 0 Å². The quantitative estimate of drug-likeness (QED) is 0.608. The minimum Gasteiger partial charge on any atom is -0.462 e. The Bertz CT molecular complexity index is 740. The van der Waals surface area contributed by atoms with Crippen molar-refractivity contribution in [3.63, 3.8) is 0 Å². The molecule has 0 unspecified atom stereocenters. The molecule has 1 heterocycles. The number of nitrogens with zero attached hydrogens (tertiary/aromatic N) is 1. The van der Waals surface area contributed by atoms with E-state index in [0.29, 0.717) is 4.90 Å². The highest BCUT2D eigenvalue weighted by atomic mass is 19.4. The Hall–Kier alpha value is -2.19. The molecule has 0 N–H and O–H groups in total. The van der Waals surface area contributed by atoms with Crippen molar-refractivity contribution in [3.8, 4) is 0 Å². The second kappa shape index (κ2) is 5.96. The summed E-state index contributed by atoms with van der Waals surface area (Å²) in [6.07, 6.45) is -5.63. The first kappa shape index (κ1) is 19.1. The minimum atomic E-state index is -5.12. The summed E-state index contributed by atoms with van der Waals surface area (Å²) in [5, 5.41) is 0. The monoisotopic (exact) mass is 365 g/mol. The van der Waals surface area contributed by atoms with Crippen LogP contribution in [0.3, 0.4) is 0 Å². The number of carbonyl (C=O) groups is 2. The van der Waals surface area contributed by atoms with Crippen molar-refractivity contribution in [1.29, 1.82) is 0 Å². The van der Waals surface area contributed by atoms with Crippen LogP contribution in [0.1, 0.15) is 38.8 Å². The first-order valence-electron chi connectivity index (χ1n) is 7.39. The van der Waals surface area contributed by atoms with Crippen molar-refractivity contribution in [3.05, 3.63) is 28.8 Å². The maximum absolute atomic E-state index is 14.5. The second-order valence-electron chi connectivity index (χ2n) is 6.50. The average molecular weight is 365 g/mol. The second-order valence-corrected chi connectivity index (χ2v) is 6.50. The summed E-state index contributed by atoms with van der Waals surface area (Å²) < 4.78 is 72.4. The van der Waals surface area contributed by atoms with Gasteiger partial charge in [0.2, 0.25) is 5.91 Å². The van der Waals surface area contributed by atoms with Crippen molar-refractivity contribution in [2.75, 3.05) is 11.4 Å². The molecule has 1 aromatic carbocycles. The van der Waals surface area contributed by atoms with Crippen LogP contribution in [0.5, 0.6) is 0 Å². The van der Waals surface area contributed by atoms with Crippen LogP contribution in [0.2, 0.25) is 0 Å². The third kappa shape index (κ3) is 3.19. The van der Waals surface area contributed by atoms with Crippen molar-refractivity contribution in [2.45, 2.75) is 45.4 Å². The van der Waals surface area contributed by atoms with Crippen LogP contribution < -0.4 is 4.90 Å². The number of benzene rings is 1. The van der Waals surface area contributed by atoms with Gasteiger partial charge in [-0.25, -0.2) is 8.78 Å². The Kier molecular flexibility index (Phi) is 4.56. The molecule has 0 saturated carbocycles. The van der Waals surface area contributed by atoms with Gasteiger partial charge in [-0.3, -0.25) is 14.5 Å². The smallest absolute Gasteiger partial charge is 0.419 e. The molecule has 0 bridgehead atoms. The van der Waals surface area contributed by atoms with E-state index in [4.69, 9.17) is 4.74 Å². The fourth-order valence-electron chi connectivity index (χ4n) is 2.78. The average Bonchev–Trinajstić information content (AvgIpc) is 2.62. The van der Waals surface area contributed by atoms with Gasteiger partial charge in [-0.2, -0.15) is 13.2 Å². The molecule has 1 amide bonds. The van der Waals surface area contributed by atoms with Crippen LogP contribution in [-0.4, -0.2) is 24.5 Å². The Labute approximate surface area is 140 Å². The fourth-order valence-corrected chi connectivity index (χ4v) is 2.78.